The number of hydrogen-bond acceptors (Lipinski definition) is 3. The van der Waals surface area contributed by atoms with Gasteiger partial charge in [-0.15, -0.1) is 0 Å². The molecule has 12 heteroatoms. The first-order valence-electron chi connectivity index (χ1n) is 7.82. The summed E-state index contributed by atoms with van der Waals surface area (Å²) in [5, 5.41) is 1.88. The van der Waals surface area contributed by atoms with Crippen molar-refractivity contribution < 1.29 is 39.6 Å². The number of sulfonamides is 1. The minimum absolute atomic E-state index is 0.0817. The van der Waals surface area contributed by atoms with Gasteiger partial charge in [-0.2, -0.15) is 30.6 Å². The first kappa shape index (κ1) is 22.7. The number of benzene rings is 2. The first-order chi connectivity index (χ1) is 13.2. The van der Waals surface area contributed by atoms with Crippen LogP contribution >= 0.6 is 0 Å². The van der Waals surface area contributed by atoms with E-state index in [1.54, 1.807) is 6.07 Å². The van der Waals surface area contributed by atoms with Crippen molar-refractivity contribution >= 4 is 21.6 Å². The van der Waals surface area contributed by atoms with Crippen molar-refractivity contribution in [1.82, 2.24) is 4.31 Å². The normalized spacial score (nSPS) is 12.8. The van der Waals surface area contributed by atoms with Crippen molar-refractivity contribution in [2.75, 3.05) is 18.9 Å². The Morgan fingerprint density at radius 2 is 1.41 bits per heavy atom. The van der Waals surface area contributed by atoms with E-state index in [4.69, 9.17) is 0 Å². The summed E-state index contributed by atoms with van der Waals surface area (Å²) in [7, 11) is -3.03. The molecule has 0 aliphatic rings. The molecule has 0 aromatic heterocycles. The number of halogens is 6. The van der Waals surface area contributed by atoms with Crippen LogP contribution in [0.1, 0.15) is 11.1 Å². The van der Waals surface area contributed by atoms with E-state index in [1.807, 2.05) is 5.32 Å². The lowest BCUT2D eigenvalue weighted by atomic mass is 10.1. The standard InChI is InChI=1S/C17H14F6N2O3S/c1-25(29(27,28)14-5-3-2-4-6-14)10-15(26)24-13-8-11(16(18,19)20)7-12(9-13)17(21,22)23/h2-9H,10H2,1H3,(H,24,26). The van der Waals surface area contributed by atoms with Crippen LogP contribution in [-0.2, 0) is 27.2 Å². The Hall–Kier alpha value is -2.60. The smallest absolute Gasteiger partial charge is 0.325 e. The Bertz CT molecular complexity index is 956. The van der Waals surface area contributed by atoms with Crippen LogP contribution in [0.5, 0.6) is 0 Å². The summed E-state index contributed by atoms with van der Waals surface area (Å²) < 4.78 is 102. The molecule has 2 rings (SSSR count). The predicted octanol–water partition coefficient (Wildman–Crippen LogP) is 3.98. The Balaban J connectivity index is 2.24. The largest absolute Gasteiger partial charge is 0.416 e. The summed E-state index contributed by atoms with van der Waals surface area (Å²) >= 11 is 0. The van der Waals surface area contributed by atoms with Crippen molar-refractivity contribution in [2.45, 2.75) is 17.2 Å². The van der Waals surface area contributed by atoms with Crippen LogP contribution in [0.25, 0.3) is 0 Å². The average Bonchev–Trinajstić information content (AvgIpc) is 2.60. The monoisotopic (exact) mass is 440 g/mol. The minimum Gasteiger partial charge on any atom is -0.325 e. The fraction of sp³-hybridized carbons (Fsp3) is 0.235. The maximum atomic E-state index is 12.9. The molecule has 1 amide bonds. The molecule has 0 spiro atoms. The summed E-state index contributed by atoms with van der Waals surface area (Å²) in [6.45, 7) is -0.825. The quantitative estimate of drug-likeness (QED) is 0.716. The lowest BCUT2D eigenvalue weighted by molar-refractivity contribution is -0.143. The maximum Gasteiger partial charge on any atom is 0.416 e. The third-order valence-electron chi connectivity index (χ3n) is 3.69. The number of likely N-dealkylation sites (N-methyl/N-ethyl adjacent to an activating group) is 1. The van der Waals surface area contributed by atoms with Gasteiger partial charge >= 0.3 is 12.4 Å². The molecule has 0 saturated heterocycles. The number of carbonyl (C=O) groups excluding carboxylic acids is 1. The van der Waals surface area contributed by atoms with Crippen molar-refractivity contribution in [3.8, 4) is 0 Å². The molecule has 0 saturated carbocycles. The average molecular weight is 440 g/mol. The van der Waals surface area contributed by atoms with Crippen LogP contribution in [0.4, 0.5) is 32.0 Å². The highest BCUT2D eigenvalue weighted by Crippen LogP contribution is 2.37. The molecule has 0 radical (unpaired) electrons. The fourth-order valence-electron chi connectivity index (χ4n) is 2.29. The topological polar surface area (TPSA) is 66.5 Å². The van der Waals surface area contributed by atoms with Crippen molar-refractivity contribution in [3.63, 3.8) is 0 Å². The number of nitrogens with one attached hydrogen (secondary N) is 1. The number of nitrogens with zero attached hydrogens (tertiary/aromatic N) is 1. The minimum atomic E-state index is -5.08. The van der Waals surface area contributed by atoms with E-state index in [9.17, 15) is 39.6 Å². The van der Waals surface area contributed by atoms with Gasteiger partial charge in [0.2, 0.25) is 15.9 Å². The summed E-state index contributed by atoms with van der Waals surface area (Å²) in [5.41, 5.74) is -3.97. The Morgan fingerprint density at radius 3 is 1.86 bits per heavy atom. The number of hydrogen-bond donors (Lipinski definition) is 1. The highest BCUT2D eigenvalue weighted by molar-refractivity contribution is 7.89. The molecule has 29 heavy (non-hydrogen) atoms. The number of rotatable bonds is 5. The van der Waals surface area contributed by atoms with Crippen LogP contribution in [-0.4, -0.2) is 32.2 Å². The van der Waals surface area contributed by atoms with Crippen molar-refractivity contribution in [3.05, 3.63) is 59.7 Å². The molecule has 158 valence electrons. The van der Waals surface area contributed by atoms with E-state index in [2.05, 4.69) is 0 Å². The van der Waals surface area contributed by atoms with Gasteiger partial charge in [0.25, 0.3) is 0 Å². The van der Waals surface area contributed by atoms with Crippen molar-refractivity contribution in [1.29, 1.82) is 0 Å². The summed E-state index contributed by atoms with van der Waals surface area (Å²) in [6.07, 6.45) is -10.2. The second-order valence-corrected chi connectivity index (χ2v) is 7.96. The van der Waals surface area contributed by atoms with Gasteiger partial charge in [0.15, 0.2) is 0 Å². The number of alkyl halides is 6. The molecule has 0 unspecified atom stereocenters. The van der Waals surface area contributed by atoms with E-state index in [0.29, 0.717) is 16.4 Å². The van der Waals surface area contributed by atoms with E-state index >= 15 is 0 Å². The lowest BCUT2D eigenvalue weighted by Crippen LogP contribution is -2.35. The molecular weight excluding hydrogens is 426 g/mol. The van der Waals surface area contributed by atoms with E-state index in [0.717, 1.165) is 7.05 Å². The SMILES string of the molecule is CN(CC(=O)Nc1cc(C(F)(F)F)cc(C(F)(F)F)c1)S(=O)(=O)c1ccccc1. The van der Waals surface area contributed by atoms with Gasteiger partial charge in [0, 0.05) is 12.7 Å². The van der Waals surface area contributed by atoms with Crippen molar-refractivity contribution in [2.24, 2.45) is 0 Å². The molecule has 5 nitrogen and oxygen atoms in total. The first-order valence-corrected chi connectivity index (χ1v) is 9.26. The highest BCUT2D eigenvalue weighted by atomic mass is 32.2. The van der Waals surface area contributed by atoms with E-state index in [1.165, 1.54) is 24.3 Å². The van der Waals surface area contributed by atoms with E-state index in [-0.39, 0.29) is 11.0 Å². The van der Waals surface area contributed by atoms with Gasteiger partial charge in [-0.05, 0) is 30.3 Å². The molecule has 0 fully saturated rings. The maximum absolute atomic E-state index is 12.9. The Labute approximate surface area is 162 Å². The van der Waals surface area contributed by atoms with Gasteiger partial charge in [-0.3, -0.25) is 4.79 Å². The number of carbonyl (C=O) groups is 1. The van der Waals surface area contributed by atoms with Crippen LogP contribution in [0, 0.1) is 0 Å². The molecule has 0 aliphatic carbocycles. The molecule has 0 aliphatic heterocycles. The second-order valence-electron chi connectivity index (χ2n) is 5.92. The van der Waals surface area contributed by atoms with Gasteiger partial charge in [-0.1, -0.05) is 18.2 Å². The zero-order chi connectivity index (χ0) is 22.0. The summed E-state index contributed by atoms with van der Waals surface area (Å²) in [6, 6.07) is 7.58. The predicted molar refractivity (Wildman–Crippen MR) is 91.3 cm³/mol. The fourth-order valence-corrected chi connectivity index (χ4v) is 3.44. The second kappa shape index (κ2) is 8.03. The molecular formula is C17H14F6N2O3S. The van der Waals surface area contributed by atoms with Gasteiger partial charge in [0.05, 0.1) is 22.6 Å². The van der Waals surface area contributed by atoms with Gasteiger partial charge < -0.3 is 5.32 Å². The van der Waals surface area contributed by atoms with Crippen LogP contribution in [0.3, 0.4) is 0 Å². The van der Waals surface area contributed by atoms with Crippen LogP contribution < -0.4 is 5.32 Å². The van der Waals surface area contributed by atoms with Crippen LogP contribution in [0.15, 0.2) is 53.4 Å². The zero-order valence-electron chi connectivity index (χ0n) is 14.7. The molecule has 2 aromatic carbocycles. The molecule has 0 bridgehead atoms. The van der Waals surface area contributed by atoms with Gasteiger partial charge in [-0.25, -0.2) is 8.42 Å². The third-order valence-corrected chi connectivity index (χ3v) is 5.51. The molecule has 1 N–H and O–H groups in total. The Kier molecular flexibility index (Phi) is 6.28. The highest BCUT2D eigenvalue weighted by Gasteiger charge is 2.37. The summed E-state index contributed by atoms with van der Waals surface area (Å²) in [5.74, 6) is -1.11. The van der Waals surface area contributed by atoms with Gasteiger partial charge in [0.1, 0.15) is 0 Å². The molecule has 2 aromatic rings. The third kappa shape index (κ3) is 5.70. The van der Waals surface area contributed by atoms with Crippen LogP contribution in [0.2, 0.25) is 0 Å². The lowest BCUT2D eigenvalue weighted by Gasteiger charge is -2.18. The van der Waals surface area contributed by atoms with E-state index < -0.39 is 51.6 Å². The zero-order valence-corrected chi connectivity index (χ0v) is 15.5. The number of anilines is 1. The molecule has 0 atom stereocenters. The Morgan fingerprint density at radius 1 is 0.931 bits per heavy atom. The molecule has 0 heterocycles. The summed E-state index contributed by atoms with van der Waals surface area (Å²) in [4.78, 5) is 11.9. The number of amides is 1.